The Morgan fingerprint density at radius 2 is 1.87 bits per heavy atom. The number of hydrogen-bond acceptors (Lipinski definition) is 3. The van der Waals surface area contributed by atoms with E-state index in [9.17, 15) is 4.79 Å². The van der Waals surface area contributed by atoms with E-state index in [1.54, 1.807) is 23.6 Å². The van der Waals surface area contributed by atoms with Crippen LogP contribution in [0, 0.1) is 0 Å². The topological polar surface area (TPSA) is 53.2 Å². The molecule has 0 saturated carbocycles. The fourth-order valence-corrected chi connectivity index (χ4v) is 2.58. The molecule has 0 saturated heterocycles. The third-order valence-electron chi connectivity index (χ3n) is 2.55. The molecule has 2 aromatic rings. The lowest BCUT2D eigenvalue weighted by molar-refractivity contribution is -0.117. The SMILES string of the molecule is O=C(/C=C/Sc1ccccc1)NNC(=S)Nc1cccc(Cl)c1. The molecule has 0 aliphatic rings. The van der Waals surface area contributed by atoms with Crippen molar-refractivity contribution in [3.8, 4) is 0 Å². The predicted octanol–water partition coefficient (Wildman–Crippen LogP) is 3.96. The molecule has 0 aliphatic carbocycles. The smallest absolute Gasteiger partial charge is 0.262 e. The van der Waals surface area contributed by atoms with E-state index in [1.807, 2.05) is 36.4 Å². The van der Waals surface area contributed by atoms with Crippen LogP contribution >= 0.6 is 35.6 Å². The van der Waals surface area contributed by atoms with Gasteiger partial charge in [-0.05, 0) is 48.0 Å². The van der Waals surface area contributed by atoms with E-state index < -0.39 is 0 Å². The zero-order valence-corrected chi connectivity index (χ0v) is 14.3. The third-order valence-corrected chi connectivity index (χ3v) is 3.80. The minimum atomic E-state index is -0.302. The molecule has 0 bridgehead atoms. The van der Waals surface area contributed by atoms with Gasteiger partial charge in [0.1, 0.15) is 0 Å². The molecule has 0 spiro atoms. The van der Waals surface area contributed by atoms with Crippen molar-refractivity contribution in [3.05, 3.63) is 71.1 Å². The van der Waals surface area contributed by atoms with Crippen molar-refractivity contribution in [2.75, 3.05) is 5.32 Å². The summed E-state index contributed by atoms with van der Waals surface area (Å²) in [5.41, 5.74) is 5.83. The van der Waals surface area contributed by atoms with Crippen molar-refractivity contribution < 1.29 is 4.79 Å². The van der Waals surface area contributed by atoms with E-state index in [0.717, 1.165) is 10.6 Å². The Morgan fingerprint density at radius 1 is 1.09 bits per heavy atom. The minimum Gasteiger partial charge on any atom is -0.331 e. The van der Waals surface area contributed by atoms with E-state index in [2.05, 4.69) is 16.2 Å². The number of nitrogens with one attached hydrogen (secondary N) is 3. The number of hydrogen-bond donors (Lipinski definition) is 3. The molecule has 0 aromatic heterocycles. The number of anilines is 1. The second-order valence-electron chi connectivity index (χ2n) is 4.31. The largest absolute Gasteiger partial charge is 0.331 e. The molecular formula is C16H14ClN3OS2. The number of carbonyl (C=O) groups is 1. The van der Waals surface area contributed by atoms with Gasteiger partial charge in [-0.3, -0.25) is 15.6 Å². The van der Waals surface area contributed by atoms with Crippen molar-refractivity contribution in [3.63, 3.8) is 0 Å². The van der Waals surface area contributed by atoms with Crippen molar-refractivity contribution in [1.29, 1.82) is 0 Å². The molecule has 0 radical (unpaired) electrons. The highest BCUT2D eigenvalue weighted by molar-refractivity contribution is 8.02. The average Bonchev–Trinajstić information content (AvgIpc) is 2.54. The first-order valence-corrected chi connectivity index (χ1v) is 8.31. The first-order valence-electron chi connectivity index (χ1n) is 6.64. The Morgan fingerprint density at radius 3 is 2.61 bits per heavy atom. The van der Waals surface area contributed by atoms with Crippen LogP contribution in [-0.4, -0.2) is 11.0 Å². The van der Waals surface area contributed by atoms with Gasteiger partial charge in [0.2, 0.25) is 0 Å². The van der Waals surface area contributed by atoms with E-state index in [-0.39, 0.29) is 11.0 Å². The van der Waals surface area contributed by atoms with Crippen LogP contribution in [0.25, 0.3) is 0 Å². The Balaban J connectivity index is 1.72. The number of hydrazine groups is 1. The van der Waals surface area contributed by atoms with Gasteiger partial charge in [0.15, 0.2) is 5.11 Å². The molecule has 0 unspecified atom stereocenters. The summed E-state index contributed by atoms with van der Waals surface area (Å²) in [7, 11) is 0. The summed E-state index contributed by atoms with van der Waals surface area (Å²) in [6.45, 7) is 0. The highest BCUT2D eigenvalue weighted by atomic mass is 35.5. The van der Waals surface area contributed by atoms with E-state index in [4.69, 9.17) is 23.8 Å². The zero-order valence-electron chi connectivity index (χ0n) is 12.0. The fourth-order valence-electron chi connectivity index (χ4n) is 1.56. The van der Waals surface area contributed by atoms with Gasteiger partial charge in [0, 0.05) is 21.7 Å². The summed E-state index contributed by atoms with van der Waals surface area (Å²) < 4.78 is 0. The molecule has 23 heavy (non-hydrogen) atoms. The maximum Gasteiger partial charge on any atom is 0.262 e. The Labute approximate surface area is 149 Å². The highest BCUT2D eigenvalue weighted by Crippen LogP contribution is 2.17. The summed E-state index contributed by atoms with van der Waals surface area (Å²) >= 11 is 12.4. The molecule has 3 N–H and O–H groups in total. The standard InChI is InChI=1S/C16H14ClN3OS2/c17-12-5-4-6-13(11-12)18-16(22)20-19-15(21)9-10-23-14-7-2-1-3-8-14/h1-11H,(H,19,21)(H2,18,20,22)/b10-9+. The van der Waals surface area contributed by atoms with E-state index in [0.29, 0.717) is 5.02 Å². The minimum absolute atomic E-state index is 0.268. The summed E-state index contributed by atoms with van der Waals surface area (Å²) in [5.74, 6) is -0.302. The highest BCUT2D eigenvalue weighted by Gasteiger charge is 2.00. The molecule has 1 amide bonds. The number of thioether (sulfide) groups is 1. The van der Waals surface area contributed by atoms with Crippen molar-refractivity contribution in [2.24, 2.45) is 0 Å². The van der Waals surface area contributed by atoms with Crippen LogP contribution < -0.4 is 16.2 Å². The monoisotopic (exact) mass is 363 g/mol. The van der Waals surface area contributed by atoms with Crippen molar-refractivity contribution >= 4 is 52.3 Å². The molecule has 2 rings (SSSR count). The second kappa shape index (κ2) is 9.19. The molecule has 118 valence electrons. The van der Waals surface area contributed by atoms with Crippen molar-refractivity contribution in [2.45, 2.75) is 4.90 Å². The quantitative estimate of drug-likeness (QED) is 0.332. The first-order chi connectivity index (χ1) is 11.1. The van der Waals surface area contributed by atoms with Crippen molar-refractivity contribution in [1.82, 2.24) is 10.9 Å². The van der Waals surface area contributed by atoms with E-state index in [1.165, 1.54) is 17.8 Å². The van der Waals surface area contributed by atoms with Gasteiger partial charge in [-0.15, -0.1) is 0 Å². The molecule has 0 heterocycles. The van der Waals surface area contributed by atoms with Crippen LogP contribution in [-0.2, 0) is 4.79 Å². The van der Waals surface area contributed by atoms with Crippen LogP contribution in [0.3, 0.4) is 0 Å². The fraction of sp³-hybridized carbons (Fsp3) is 0. The van der Waals surface area contributed by atoms with Gasteiger partial charge in [0.25, 0.3) is 5.91 Å². The number of benzene rings is 2. The number of amides is 1. The van der Waals surface area contributed by atoms with Gasteiger partial charge in [-0.2, -0.15) is 0 Å². The maximum absolute atomic E-state index is 11.7. The van der Waals surface area contributed by atoms with Gasteiger partial charge in [-0.25, -0.2) is 0 Å². The van der Waals surface area contributed by atoms with Crippen LogP contribution in [0.1, 0.15) is 0 Å². The molecule has 2 aromatic carbocycles. The normalized spacial score (nSPS) is 10.3. The molecular weight excluding hydrogens is 350 g/mol. The van der Waals surface area contributed by atoms with Gasteiger partial charge >= 0.3 is 0 Å². The molecule has 7 heteroatoms. The Hall–Kier alpha value is -2.02. The summed E-state index contributed by atoms with van der Waals surface area (Å²) in [6, 6.07) is 16.9. The van der Waals surface area contributed by atoms with Crippen LogP contribution in [0.5, 0.6) is 0 Å². The number of thiocarbonyl (C=S) groups is 1. The average molecular weight is 364 g/mol. The molecule has 0 aliphatic heterocycles. The van der Waals surface area contributed by atoms with Gasteiger partial charge in [0.05, 0.1) is 0 Å². The summed E-state index contributed by atoms with van der Waals surface area (Å²) in [6.07, 6.45) is 1.42. The van der Waals surface area contributed by atoms with Gasteiger partial charge in [-0.1, -0.05) is 47.6 Å². The number of carbonyl (C=O) groups excluding carboxylic acids is 1. The van der Waals surface area contributed by atoms with Crippen LogP contribution in [0.4, 0.5) is 5.69 Å². The number of rotatable bonds is 4. The molecule has 0 atom stereocenters. The maximum atomic E-state index is 11.7. The third kappa shape index (κ3) is 6.73. The lowest BCUT2D eigenvalue weighted by Crippen LogP contribution is -2.43. The predicted molar refractivity (Wildman–Crippen MR) is 100 cm³/mol. The summed E-state index contributed by atoms with van der Waals surface area (Å²) in [5, 5.41) is 5.49. The van der Waals surface area contributed by atoms with Crippen LogP contribution in [0.15, 0.2) is 71.0 Å². The first kappa shape index (κ1) is 17.3. The lowest BCUT2D eigenvalue weighted by atomic mass is 10.3. The zero-order chi connectivity index (χ0) is 16.5. The Kier molecular flexibility index (Phi) is 6.93. The van der Waals surface area contributed by atoms with E-state index >= 15 is 0 Å². The number of halogens is 1. The molecule has 4 nitrogen and oxygen atoms in total. The lowest BCUT2D eigenvalue weighted by Gasteiger charge is -2.10. The summed E-state index contributed by atoms with van der Waals surface area (Å²) in [4.78, 5) is 12.7. The second-order valence-corrected chi connectivity index (χ2v) is 6.14. The van der Waals surface area contributed by atoms with Gasteiger partial charge < -0.3 is 5.32 Å². The molecule has 0 fully saturated rings. The Bertz CT molecular complexity index is 707. The van der Waals surface area contributed by atoms with Crippen LogP contribution in [0.2, 0.25) is 5.02 Å².